The van der Waals surface area contributed by atoms with Crippen molar-refractivity contribution in [3.05, 3.63) is 41.8 Å². The number of nitrogens with zero attached hydrogens (tertiary/aromatic N) is 3. The van der Waals surface area contributed by atoms with E-state index in [2.05, 4.69) is 9.97 Å². The molecule has 0 unspecified atom stereocenters. The summed E-state index contributed by atoms with van der Waals surface area (Å²) in [5.41, 5.74) is 1.42. The fraction of sp³-hybridized carbons (Fsp3) is 0.154. The van der Waals surface area contributed by atoms with Crippen molar-refractivity contribution in [3.63, 3.8) is 0 Å². The van der Waals surface area contributed by atoms with Crippen LogP contribution in [0.25, 0.3) is 11.4 Å². The van der Waals surface area contributed by atoms with Crippen LogP contribution in [0.3, 0.4) is 0 Å². The summed E-state index contributed by atoms with van der Waals surface area (Å²) >= 11 is 0. The minimum atomic E-state index is -0.313. The van der Waals surface area contributed by atoms with Crippen molar-refractivity contribution in [2.24, 2.45) is 0 Å². The molecule has 0 atom stereocenters. The topological polar surface area (TPSA) is 58.8 Å². The minimum Gasteiger partial charge on any atom is -0.462 e. The maximum absolute atomic E-state index is 12.8. The highest BCUT2D eigenvalue weighted by atomic mass is 19.1. The molecule has 4 nitrogen and oxygen atoms in total. The van der Waals surface area contributed by atoms with Crippen molar-refractivity contribution in [2.75, 3.05) is 6.61 Å². The normalized spacial score (nSPS) is 9.83. The second-order valence-corrected chi connectivity index (χ2v) is 3.62. The van der Waals surface area contributed by atoms with Crippen molar-refractivity contribution in [1.29, 1.82) is 5.26 Å². The van der Waals surface area contributed by atoms with Gasteiger partial charge in [-0.25, -0.2) is 9.37 Å². The number of ether oxygens (including phenoxy) is 1. The van der Waals surface area contributed by atoms with Gasteiger partial charge in [0.05, 0.1) is 0 Å². The van der Waals surface area contributed by atoms with E-state index in [-0.39, 0.29) is 12.4 Å². The molecule has 0 radical (unpaired) electrons. The number of hydrogen-bond donors (Lipinski definition) is 0. The molecule has 0 N–H and O–H groups in total. The zero-order valence-corrected chi connectivity index (χ0v) is 9.72. The lowest BCUT2D eigenvalue weighted by Crippen LogP contribution is -2.00. The summed E-state index contributed by atoms with van der Waals surface area (Å²) in [7, 11) is 0. The lowest BCUT2D eigenvalue weighted by Gasteiger charge is -2.05. The number of nitriles is 1. The van der Waals surface area contributed by atoms with Crippen molar-refractivity contribution < 1.29 is 9.13 Å². The summed E-state index contributed by atoms with van der Waals surface area (Å²) in [4.78, 5) is 8.41. The van der Waals surface area contributed by atoms with E-state index in [1.54, 1.807) is 25.1 Å². The average molecular weight is 243 g/mol. The van der Waals surface area contributed by atoms with Crippen LogP contribution in [0.5, 0.6) is 5.88 Å². The first kappa shape index (κ1) is 12.0. The number of aryl methyl sites for hydroxylation is 1. The summed E-state index contributed by atoms with van der Waals surface area (Å²) in [6, 6.07) is 9.39. The smallest absolute Gasteiger partial charge is 0.218 e. The molecule has 2 aromatic rings. The molecule has 90 valence electrons. The molecule has 0 bridgehead atoms. The molecule has 1 aromatic heterocycles. The fourth-order valence-electron chi connectivity index (χ4n) is 1.45. The molecule has 1 aromatic carbocycles. The molecular formula is C13H10FN3O. The molecule has 18 heavy (non-hydrogen) atoms. The lowest BCUT2D eigenvalue weighted by molar-refractivity contribution is 0.353. The zero-order valence-electron chi connectivity index (χ0n) is 9.72. The second kappa shape index (κ2) is 5.23. The molecule has 0 saturated carbocycles. The number of halogens is 1. The van der Waals surface area contributed by atoms with Crippen LogP contribution in [-0.2, 0) is 0 Å². The summed E-state index contributed by atoms with van der Waals surface area (Å²) in [5.74, 6) is 0.471. The highest BCUT2D eigenvalue weighted by Gasteiger charge is 2.06. The summed E-state index contributed by atoms with van der Waals surface area (Å²) in [6.45, 7) is 1.73. The third-order valence-corrected chi connectivity index (χ3v) is 2.22. The average Bonchev–Trinajstić information content (AvgIpc) is 2.36. The van der Waals surface area contributed by atoms with Crippen LogP contribution in [0.4, 0.5) is 4.39 Å². The molecule has 0 amide bonds. The van der Waals surface area contributed by atoms with Crippen LogP contribution < -0.4 is 4.74 Å². The predicted molar refractivity (Wildman–Crippen MR) is 63.3 cm³/mol. The molecule has 2 rings (SSSR count). The molecule has 0 saturated heterocycles. The molecule has 1 heterocycles. The standard InChI is InChI=1S/C13H10FN3O/c1-9-8-12(18-7-6-15)17-13(16-9)10-2-4-11(14)5-3-10/h2-5,8H,7H2,1H3. The number of benzene rings is 1. The van der Waals surface area contributed by atoms with Crippen LogP contribution in [0.15, 0.2) is 30.3 Å². The van der Waals surface area contributed by atoms with Crippen LogP contribution in [-0.4, -0.2) is 16.6 Å². The van der Waals surface area contributed by atoms with Crippen LogP contribution in [0.2, 0.25) is 0 Å². The quantitative estimate of drug-likeness (QED) is 0.831. The van der Waals surface area contributed by atoms with Crippen molar-refractivity contribution >= 4 is 0 Å². The van der Waals surface area contributed by atoms with E-state index in [1.165, 1.54) is 12.1 Å². The van der Waals surface area contributed by atoms with Gasteiger partial charge in [0.15, 0.2) is 12.4 Å². The van der Waals surface area contributed by atoms with Gasteiger partial charge >= 0.3 is 0 Å². The molecule has 0 aliphatic heterocycles. The molecule has 0 spiro atoms. The van der Waals surface area contributed by atoms with E-state index >= 15 is 0 Å². The Morgan fingerprint density at radius 2 is 2.00 bits per heavy atom. The van der Waals surface area contributed by atoms with Gasteiger partial charge in [0, 0.05) is 17.3 Å². The first-order valence-electron chi connectivity index (χ1n) is 5.30. The largest absolute Gasteiger partial charge is 0.462 e. The number of rotatable bonds is 3. The molecule has 0 fully saturated rings. The number of hydrogen-bond acceptors (Lipinski definition) is 4. The predicted octanol–water partition coefficient (Wildman–Crippen LogP) is 2.49. The van der Waals surface area contributed by atoms with Gasteiger partial charge in [0.1, 0.15) is 11.9 Å². The lowest BCUT2D eigenvalue weighted by atomic mass is 10.2. The molecule has 0 aliphatic rings. The molecular weight excluding hydrogens is 233 g/mol. The SMILES string of the molecule is Cc1cc(OCC#N)nc(-c2ccc(F)cc2)n1. The highest BCUT2D eigenvalue weighted by Crippen LogP contribution is 2.19. The summed E-state index contributed by atoms with van der Waals surface area (Å²) in [5, 5.41) is 8.45. The fourth-order valence-corrected chi connectivity index (χ4v) is 1.45. The van der Waals surface area contributed by atoms with E-state index < -0.39 is 0 Å². The van der Waals surface area contributed by atoms with Gasteiger partial charge in [-0.15, -0.1) is 0 Å². The van der Waals surface area contributed by atoms with Crippen LogP contribution in [0, 0.1) is 24.1 Å². The van der Waals surface area contributed by atoms with E-state index in [4.69, 9.17) is 10.00 Å². The summed E-state index contributed by atoms with van der Waals surface area (Å²) < 4.78 is 18.0. The Balaban J connectivity index is 2.36. The van der Waals surface area contributed by atoms with E-state index in [0.717, 1.165) is 5.69 Å². The van der Waals surface area contributed by atoms with E-state index in [9.17, 15) is 4.39 Å². The Morgan fingerprint density at radius 3 is 2.67 bits per heavy atom. The third kappa shape index (κ3) is 2.80. The van der Waals surface area contributed by atoms with Gasteiger partial charge in [0.2, 0.25) is 5.88 Å². The first-order valence-corrected chi connectivity index (χ1v) is 5.30. The Morgan fingerprint density at radius 1 is 1.28 bits per heavy atom. The maximum atomic E-state index is 12.8. The van der Waals surface area contributed by atoms with Crippen LogP contribution >= 0.6 is 0 Å². The van der Waals surface area contributed by atoms with E-state index in [1.807, 2.05) is 6.07 Å². The van der Waals surface area contributed by atoms with Gasteiger partial charge in [-0.3, -0.25) is 0 Å². The van der Waals surface area contributed by atoms with Gasteiger partial charge in [0.25, 0.3) is 0 Å². The first-order chi connectivity index (χ1) is 8.69. The van der Waals surface area contributed by atoms with Crippen LogP contribution in [0.1, 0.15) is 5.69 Å². The molecule has 0 aliphatic carbocycles. The monoisotopic (exact) mass is 243 g/mol. The van der Waals surface area contributed by atoms with Crippen molar-refractivity contribution in [2.45, 2.75) is 6.92 Å². The van der Waals surface area contributed by atoms with Gasteiger partial charge in [-0.2, -0.15) is 10.2 Å². The Hall–Kier alpha value is -2.48. The second-order valence-electron chi connectivity index (χ2n) is 3.62. The van der Waals surface area contributed by atoms with Gasteiger partial charge in [-0.05, 0) is 31.2 Å². The Labute approximate surface area is 104 Å². The highest BCUT2D eigenvalue weighted by molar-refractivity contribution is 5.55. The Kier molecular flexibility index (Phi) is 3.49. The van der Waals surface area contributed by atoms with Gasteiger partial charge < -0.3 is 4.74 Å². The Bertz CT molecular complexity index is 590. The maximum Gasteiger partial charge on any atom is 0.218 e. The van der Waals surface area contributed by atoms with Crippen molar-refractivity contribution in [3.8, 4) is 23.3 Å². The summed E-state index contributed by atoms with van der Waals surface area (Å²) in [6.07, 6.45) is 0. The molecule has 5 heteroatoms. The zero-order chi connectivity index (χ0) is 13.0. The third-order valence-electron chi connectivity index (χ3n) is 2.22. The van der Waals surface area contributed by atoms with Crippen molar-refractivity contribution in [1.82, 2.24) is 9.97 Å². The number of aromatic nitrogens is 2. The minimum absolute atomic E-state index is 0.0701. The van der Waals surface area contributed by atoms with E-state index in [0.29, 0.717) is 17.3 Å². The van der Waals surface area contributed by atoms with Gasteiger partial charge in [-0.1, -0.05) is 0 Å².